The maximum Gasteiger partial charge on any atom is 0.341 e. The molecule has 1 amide bonds. The lowest BCUT2D eigenvalue weighted by Gasteiger charge is -2.17. The summed E-state index contributed by atoms with van der Waals surface area (Å²) >= 11 is 3.51. The number of amides is 1. The molecule has 0 unspecified atom stereocenters. The Kier molecular flexibility index (Phi) is 7.22. The number of carboxylic acid groups (broad SMARTS) is 1. The van der Waals surface area contributed by atoms with Gasteiger partial charge in [0.2, 0.25) is 0 Å². The van der Waals surface area contributed by atoms with Crippen molar-refractivity contribution in [3.05, 3.63) is 76.0 Å². The summed E-state index contributed by atoms with van der Waals surface area (Å²) in [5, 5.41) is 11.7. The van der Waals surface area contributed by atoms with E-state index in [1.807, 2.05) is 48.5 Å². The van der Waals surface area contributed by atoms with Gasteiger partial charge < -0.3 is 19.2 Å². The van der Waals surface area contributed by atoms with Gasteiger partial charge in [-0.1, -0.05) is 49.7 Å². The van der Waals surface area contributed by atoms with E-state index in [9.17, 15) is 9.59 Å². The van der Waals surface area contributed by atoms with Crippen LogP contribution in [0.5, 0.6) is 5.75 Å². The summed E-state index contributed by atoms with van der Waals surface area (Å²) in [5.74, 6) is -0.279. The minimum Gasteiger partial charge on any atom is -0.481 e. The molecule has 4 rings (SSSR count). The topological polar surface area (TPSA) is 80.0 Å². The second-order valence-electron chi connectivity index (χ2n) is 8.29. The molecule has 4 aromatic rings. The third-order valence-electron chi connectivity index (χ3n) is 5.77. The van der Waals surface area contributed by atoms with Gasteiger partial charge in [-0.2, -0.15) is 0 Å². The Hall–Kier alpha value is -3.32. The number of benzene rings is 3. The molecule has 0 radical (unpaired) electrons. The molecule has 0 bridgehead atoms. The van der Waals surface area contributed by atoms with Crippen LogP contribution in [-0.2, 0) is 17.8 Å². The zero-order chi connectivity index (χ0) is 24.2. The van der Waals surface area contributed by atoms with Crippen LogP contribution in [0.4, 0.5) is 0 Å². The number of carboxylic acids is 1. The molecule has 1 heterocycles. The lowest BCUT2D eigenvalue weighted by atomic mass is 10.0. The fraction of sp³-hybridized carbons (Fsp3) is 0.259. The van der Waals surface area contributed by atoms with Crippen molar-refractivity contribution in [2.75, 3.05) is 13.7 Å². The normalized spacial score (nSPS) is 11.1. The summed E-state index contributed by atoms with van der Waals surface area (Å²) < 4.78 is 12.0. The highest BCUT2D eigenvalue weighted by molar-refractivity contribution is 9.10. The van der Waals surface area contributed by atoms with Crippen molar-refractivity contribution in [3.63, 3.8) is 0 Å². The molecule has 3 aromatic carbocycles. The average molecular weight is 524 g/mol. The summed E-state index contributed by atoms with van der Waals surface area (Å²) in [6.45, 7) is 2.15. The van der Waals surface area contributed by atoms with Crippen LogP contribution in [0.1, 0.15) is 41.4 Å². The minimum absolute atomic E-state index is 0.138. The smallest absolute Gasteiger partial charge is 0.341 e. The first-order valence-corrected chi connectivity index (χ1v) is 12.0. The molecule has 0 saturated carbocycles. The van der Waals surface area contributed by atoms with Crippen LogP contribution in [0.25, 0.3) is 21.7 Å². The number of halogens is 1. The van der Waals surface area contributed by atoms with Crippen molar-refractivity contribution in [2.45, 2.75) is 32.7 Å². The summed E-state index contributed by atoms with van der Waals surface area (Å²) in [4.78, 5) is 25.8. The van der Waals surface area contributed by atoms with Crippen LogP contribution >= 0.6 is 15.9 Å². The first-order valence-electron chi connectivity index (χ1n) is 11.2. The van der Waals surface area contributed by atoms with Gasteiger partial charge in [0.05, 0.1) is 4.47 Å². The van der Waals surface area contributed by atoms with Gasteiger partial charge in [0.25, 0.3) is 5.91 Å². The van der Waals surface area contributed by atoms with Crippen molar-refractivity contribution in [2.24, 2.45) is 0 Å². The third-order valence-corrected chi connectivity index (χ3v) is 6.59. The number of hydrogen-bond acceptors (Lipinski definition) is 4. The molecule has 0 saturated heterocycles. The van der Waals surface area contributed by atoms with E-state index in [1.54, 1.807) is 18.0 Å². The SMILES string of the molecule is CCCCc1c(C(=O)N(C)Cc2ccc3c(Br)c(OCC(=O)O)ccc3c2)oc2ccccc12. The first-order chi connectivity index (χ1) is 16.4. The van der Waals surface area contributed by atoms with E-state index in [0.29, 0.717) is 22.5 Å². The lowest BCUT2D eigenvalue weighted by Crippen LogP contribution is -2.26. The number of nitrogens with zero attached hydrogens (tertiary/aromatic N) is 1. The van der Waals surface area contributed by atoms with Crippen molar-refractivity contribution in [1.29, 1.82) is 0 Å². The Labute approximate surface area is 206 Å². The maximum absolute atomic E-state index is 13.4. The average Bonchev–Trinajstić information content (AvgIpc) is 3.20. The number of rotatable bonds is 9. The molecule has 0 aliphatic heterocycles. The van der Waals surface area contributed by atoms with E-state index in [1.165, 1.54) is 0 Å². The fourth-order valence-electron chi connectivity index (χ4n) is 4.06. The Morgan fingerprint density at radius 2 is 1.88 bits per heavy atom. The standard InChI is InChI=1S/C27H26BrNO5/c1-3-4-7-21-20-8-5-6-9-22(20)34-26(21)27(32)29(2)15-17-10-12-19-18(14-17)11-13-23(25(19)28)33-16-24(30)31/h5-6,8-14H,3-4,7,15-16H2,1-2H3,(H,30,31). The Balaban J connectivity index is 1.57. The molecule has 7 heteroatoms. The van der Waals surface area contributed by atoms with Gasteiger partial charge in [-0.15, -0.1) is 0 Å². The number of para-hydroxylation sites is 1. The van der Waals surface area contributed by atoms with Crippen LogP contribution in [0.2, 0.25) is 0 Å². The molecule has 0 fully saturated rings. The Bertz CT molecular complexity index is 1360. The van der Waals surface area contributed by atoms with Gasteiger partial charge >= 0.3 is 5.97 Å². The Morgan fingerprint density at radius 1 is 1.09 bits per heavy atom. The highest BCUT2D eigenvalue weighted by Gasteiger charge is 2.23. The molecular weight excluding hydrogens is 498 g/mol. The summed E-state index contributed by atoms with van der Waals surface area (Å²) in [6, 6.07) is 17.3. The van der Waals surface area contributed by atoms with Crippen molar-refractivity contribution in [3.8, 4) is 5.75 Å². The number of carbonyl (C=O) groups is 2. The van der Waals surface area contributed by atoms with Crippen molar-refractivity contribution in [1.82, 2.24) is 4.90 Å². The second-order valence-corrected chi connectivity index (χ2v) is 9.08. The first kappa shape index (κ1) is 23.8. The third kappa shape index (κ3) is 4.94. The maximum atomic E-state index is 13.4. The van der Waals surface area contributed by atoms with Gasteiger partial charge in [0, 0.05) is 24.5 Å². The van der Waals surface area contributed by atoms with Gasteiger partial charge in [0.15, 0.2) is 12.4 Å². The zero-order valence-corrected chi connectivity index (χ0v) is 20.7. The van der Waals surface area contributed by atoms with Crippen molar-refractivity contribution < 1.29 is 23.8 Å². The number of unbranched alkanes of at least 4 members (excludes halogenated alkanes) is 1. The van der Waals surface area contributed by atoms with Crippen molar-refractivity contribution >= 4 is 49.5 Å². The lowest BCUT2D eigenvalue weighted by molar-refractivity contribution is -0.139. The van der Waals surface area contributed by atoms with Gasteiger partial charge in [-0.3, -0.25) is 4.79 Å². The van der Waals surface area contributed by atoms with Crippen LogP contribution in [-0.4, -0.2) is 35.5 Å². The molecule has 176 valence electrons. The number of hydrogen-bond donors (Lipinski definition) is 1. The van der Waals surface area contributed by atoms with E-state index >= 15 is 0 Å². The van der Waals surface area contributed by atoms with E-state index < -0.39 is 12.6 Å². The largest absolute Gasteiger partial charge is 0.481 e. The fourth-order valence-corrected chi connectivity index (χ4v) is 4.67. The summed E-state index contributed by atoms with van der Waals surface area (Å²) in [5.41, 5.74) is 2.69. The van der Waals surface area contributed by atoms with Crippen LogP contribution in [0.15, 0.2) is 63.5 Å². The molecule has 6 nitrogen and oxygen atoms in total. The molecule has 1 N–H and O–H groups in total. The van der Waals surface area contributed by atoms with E-state index in [2.05, 4.69) is 22.9 Å². The van der Waals surface area contributed by atoms with Gasteiger partial charge in [0.1, 0.15) is 11.3 Å². The monoisotopic (exact) mass is 523 g/mol. The predicted octanol–water partition coefficient (Wildman–Crippen LogP) is 6.43. The quantitative estimate of drug-likeness (QED) is 0.273. The van der Waals surface area contributed by atoms with Gasteiger partial charge in [-0.05, 0) is 63.3 Å². The summed E-state index contributed by atoms with van der Waals surface area (Å²) in [7, 11) is 1.78. The number of furan rings is 1. The van der Waals surface area contributed by atoms with Crippen LogP contribution < -0.4 is 4.74 Å². The number of ether oxygens (including phenoxy) is 1. The van der Waals surface area contributed by atoms with Gasteiger partial charge in [-0.25, -0.2) is 4.79 Å². The molecule has 0 atom stereocenters. The molecule has 0 spiro atoms. The predicted molar refractivity (Wildman–Crippen MR) is 135 cm³/mol. The zero-order valence-electron chi connectivity index (χ0n) is 19.1. The number of aliphatic carboxylic acids is 1. The van der Waals surface area contributed by atoms with E-state index in [4.69, 9.17) is 14.3 Å². The molecule has 0 aliphatic rings. The molecule has 1 aromatic heterocycles. The molecule has 34 heavy (non-hydrogen) atoms. The van der Waals surface area contributed by atoms with Crippen LogP contribution in [0, 0.1) is 0 Å². The number of fused-ring (bicyclic) bond motifs is 2. The highest BCUT2D eigenvalue weighted by atomic mass is 79.9. The Morgan fingerprint density at radius 3 is 2.65 bits per heavy atom. The molecular formula is C27H26BrNO5. The minimum atomic E-state index is -1.03. The van der Waals surface area contributed by atoms with E-state index in [0.717, 1.165) is 52.1 Å². The molecule has 0 aliphatic carbocycles. The number of aryl methyl sites for hydroxylation is 1. The summed E-state index contributed by atoms with van der Waals surface area (Å²) in [6.07, 6.45) is 2.84. The highest BCUT2D eigenvalue weighted by Crippen LogP contribution is 2.34. The van der Waals surface area contributed by atoms with E-state index in [-0.39, 0.29) is 5.91 Å². The number of carbonyl (C=O) groups excluding carboxylic acids is 1. The second kappa shape index (κ2) is 10.3. The van der Waals surface area contributed by atoms with Crippen LogP contribution in [0.3, 0.4) is 0 Å².